The van der Waals surface area contributed by atoms with Gasteiger partial charge in [0.2, 0.25) is 15.9 Å². The highest BCUT2D eigenvalue weighted by atomic mass is 32.2. The summed E-state index contributed by atoms with van der Waals surface area (Å²) in [5.74, 6) is -1.31. The van der Waals surface area contributed by atoms with E-state index in [0.29, 0.717) is 12.8 Å². The summed E-state index contributed by atoms with van der Waals surface area (Å²) in [6.07, 6.45) is 1.18. The van der Waals surface area contributed by atoms with Crippen molar-refractivity contribution in [2.45, 2.75) is 25.7 Å². The number of amides is 1. The number of carboxylic acid groups (broad SMARTS) is 1. The van der Waals surface area contributed by atoms with E-state index in [1.54, 1.807) is 0 Å². The summed E-state index contributed by atoms with van der Waals surface area (Å²) in [6, 6.07) is 0. The first kappa shape index (κ1) is 15.9. The molecule has 0 rings (SSSR count). The SMILES string of the molecule is CNS(=O)(=O)CCNC(=O)CCCCC(=O)O. The van der Waals surface area contributed by atoms with Crippen LogP contribution in [-0.4, -0.2) is 44.7 Å². The van der Waals surface area contributed by atoms with E-state index < -0.39 is 16.0 Å². The Balaban J connectivity index is 3.57. The number of rotatable bonds is 9. The minimum absolute atomic E-state index is 0.0431. The summed E-state index contributed by atoms with van der Waals surface area (Å²) >= 11 is 0. The third kappa shape index (κ3) is 9.76. The maximum atomic E-state index is 11.2. The van der Waals surface area contributed by atoms with Gasteiger partial charge in [0.15, 0.2) is 0 Å². The van der Waals surface area contributed by atoms with Gasteiger partial charge in [-0.15, -0.1) is 0 Å². The number of hydrogen-bond acceptors (Lipinski definition) is 4. The number of carboxylic acids is 1. The van der Waals surface area contributed by atoms with Crippen molar-refractivity contribution in [1.29, 1.82) is 0 Å². The molecule has 0 aliphatic heterocycles. The molecule has 0 unspecified atom stereocenters. The van der Waals surface area contributed by atoms with Gasteiger partial charge in [-0.2, -0.15) is 0 Å². The third-order valence-electron chi connectivity index (χ3n) is 2.05. The second-order valence-corrected chi connectivity index (χ2v) is 5.52. The Kier molecular flexibility index (Phi) is 7.47. The van der Waals surface area contributed by atoms with Crippen LogP contribution in [0.3, 0.4) is 0 Å². The summed E-state index contributed by atoms with van der Waals surface area (Å²) in [5, 5.41) is 10.8. The monoisotopic (exact) mass is 266 g/mol. The number of unbranched alkanes of at least 4 members (excludes halogenated alkanes) is 1. The van der Waals surface area contributed by atoms with Crippen LogP contribution in [0, 0.1) is 0 Å². The second kappa shape index (κ2) is 8.02. The minimum atomic E-state index is -3.29. The quantitative estimate of drug-likeness (QED) is 0.477. The predicted molar refractivity (Wildman–Crippen MR) is 62.0 cm³/mol. The average molecular weight is 266 g/mol. The van der Waals surface area contributed by atoms with Crippen LogP contribution in [0.1, 0.15) is 25.7 Å². The van der Waals surface area contributed by atoms with Crippen LogP contribution in [0.2, 0.25) is 0 Å². The molecule has 0 aliphatic rings. The maximum absolute atomic E-state index is 11.2. The van der Waals surface area contributed by atoms with E-state index in [-0.39, 0.29) is 31.0 Å². The van der Waals surface area contributed by atoms with Crippen molar-refractivity contribution in [3.05, 3.63) is 0 Å². The minimum Gasteiger partial charge on any atom is -0.481 e. The predicted octanol–water partition coefficient (Wildman–Crippen LogP) is -0.703. The number of carbonyl (C=O) groups excluding carboxylic acids is 1. The molecule has 7 nitrogen and oxygen atoms in total. The molecule has 0 fully saturated rings. The topological polar surface area (TPSA) is 113 Å². The molecule has 0 aromatic carbocycles. The van der Waals surface area contributed by atoms with E-state index >= 15 is 0 Å². The van der Waals surface area contributed by atoms with E-state index in [4.69, 9.17) is 5.11 Å². The number of carbonyl (C=O) groups is 2. The standard InChI is InChI=1S/C9H18N2O5S/c1-10-17(15,16)7-6-11-8(12)4-2-3-5-9(13)14/h10H,2-7H2,1H3,(H,11,12)(H,13,14). The third-order valence-corrected chi connectivity index (χ3v) is 3.41. The zero-order valence-electron chi connectivity index (χ0n) is 9.73. The fourth-order valence-electron chi connectivity index (χ4n) is 1.08. The zero-order valence-corrected chi connectivity index (χ0v) is 10.5. The van der Waals surface area contributed by atoms with E-state index in [1.807, 2.05) is 0 Å². The lowest BCUT2D eigenvalue weighted by Gasteiger charge is -2.05. The Morgan fingerprint density at radius 3 is 2.29 bits per heavy atom. The second-order valence-electron chi connectivity index (χ2n) is 3.47. The lowest BCUT2D eigenvalue weighted by molar-refractivity contribution is -0.137. The van der Waals surface area contributed by atoms with Gasteiger partial charge in [0.05, 0.1) is 5.75 Å². The van der Waals surface area contributed by atoms with Gasteiger partial charge in [0.25, 0.3) is 0 Å². The van der Waals surface area contributed by atoms with Crippen LogP contribution in [0.15, 0.2) is 0 Å². The van der Waals surface area contributed by atoms with Crippen LogP contribution in [0.5, 0.6) is 0 Å². The molecule has 3 N–H and O–H groups in total. The molecule has 0 radical (unpaired) electrons. The Bertz CT molecular complexity index is 352. The first-order valence-electron chi connectivity index (χ1n) is 5.27. The van der Waals surface area contributed by atoms with Crippen molar-refractivity contribution in [3.8, 4) is 0 Å². The zero-order chi connectivity index (χ0) is 13.3. The van der Waals surface area contributed by atoms with Crippen molar-refractivity contribution < 1.29 is 23.1 Å². The smallest absolute Gasteiger partial charge is 0.303 e. The molecule has 0 spiro atoms. The summed E-state index contributed by atoms with van der Waals surface area (Å²) in [5.41, 5.74) is 0. The van der Waals surface area contributed by atoms with E-state index in [9.17, 15) is 18.0 Å². The molecule has 0 aromatic heterocycles. The number of aliphatic carboxylic acids is 1. The highest BCUT2D eigenvalue weighted by Crippen LogP contribution is 1.99. The normalized spacial score (nSPS) is 11.1. The first-order valence-corrected chi connectivity index (χ1v) is 6.92. The average Bonchev–Trinajstić information content (AvgIpc) is 2.24. The molecule has 8 heteroatoms. The van der Waals surface area contributed by atoms with Gasteiger partial charge in [-0.1, -0.05) is 0 Å². The fourth-order valence-corrected chi connectivity index (χ4v) is 1.65. The molecule has 1 amide bonds. The van der Waals surface area contributed by atoms with Gasteiger partial charge in [-0.3, -0.25) is 9.59 Å². The molecule has 0 heterocycles. The summed E-state index contributed by atoms with van der Waals surface area (Å²) in [4.78, 5) is 21.4. The number of sulfonamides is 1. The lowest BCUT2D eigenvalue weighted by Crippen LogP contribution is -2.32. The Labute approximate surface area is 101 Å². The summed E-state index contributed by atoms with van der Waals surface area (Å²) < 4.78 is 24.1. The first-order chi connectivity index (χ1) is 7.87. The van der Waals surface area contributed by atoms with Crippen molar-refractivity contribution in [1.82, 2.24) is 10.0 Å². The molecular formula is C9H18N2O5S. The van der Waals surface area contributed by atoms with Gasteiger partial charge in [0.1, 0.15) is 0 Å². The van der Waals surface area contributed by atoms with Gasteiger partial charge in [-0.05, 0) is 19.9 Å². The summed E-state index contributed by atoms with van der Waals surface area (Å²) in [6.45, 7) is 0.0565. The number of hydrogen-bond donors (Lipinski definition) is 3. The van der Waals surface area contributed by atoms with E-state index in [0.717, 1.165) is 0 Å². The lowest BCUT2D eigenvalue weighted by atomic mass is 10.2. The molecule has 0 aromatic rings. The largest absolute Gasteiger partial charge is 0.481 e. The van der Waals surface area contributed by atoms with E-state index in [2.05, 4.69) is 10.0 Å². The van der Waals surface area contributed by atoms with Crippen molar-refractivity contribution in [2.24, 2.45) is 0 Å². The molecular weight excluding hydrogens is 248 g/mol. The summed E-state index contributed by atoms with van der Waals surface area (Å²) in [7, 11) is -1.99. The van der Waals surface area contributed by atoms with E-state index in [1.165, 1.54) is 7.05 Å². The molecule has 100 valence electrons. The van der Waals surface area contributed by atoms with Crippen molar-refractivity contribution >= 4 is 21.9 Å². The van der Waals surface area contributed by atoms with Crippen molar-refractivity contribution in [2.75, 3.05) is 19.3 Å². The highest BCUT2D eigenvalue weighted by Gasteiger charge is 2.07. The molecule has 0 aliphatic carbocycles. The molecule has 17 heavy (non-hydrogen) atoms. The Morgan fingerprint density at radius 2 is 1.76 bits per heavy atom. The Hall–Kier alpha value is -1.15. The highest BCUT2D eigenvalue weighted by molar-refractivity contribution is 7.89. The van der Waals surface area contributed by atoms with Crippen LogP contribution in [0.4, 0.5) is 0 Å². The molecule has 0 saturated heterocycles. The van der Waals surface area contributed by atoms with Crippen LogP contribution >= 0.6 is 0 Å². The maximum Gasteiger partial charge on any atom is 0.303 e. The Morgan fingerprint density at radius 1 is 1.18 bits per heavy atom. The van der Waals surface area contributed by atoms with Crippen LogP contribution < -0.4 is 10.0 Å². The van der Waals surface area contributed by atoms with Crippen LogP contribution in [0.25, 0.3) is 0 Å². The van der Waals surface area contributed by atoms with Crippen LogP contribution in [-0.2, 0) is 19.6 Å². The van der Waals surface area contributed by atoms with Crippen molar-refractivity contribution in [3.63, 3.8) is 0 Å². The van der Waals surface area contributed by atoms with Gasteiger partial charge < -0.3 is 10.4 Å². The van der Waals surface area contributed by atoms with Gasteiger partial charge >= 0.3 is 5.97 Å². The molecule has 0 atom stereocenters. The van der Waals surface area contributed by atoms with Gasteiger partial charge in [0, 0.05) is 19.4 Å². The molecule has 0 bridgehead atoms. The fraction of sp³-hybridized carbons (Fsp3) is 0.778. The number of nitrogens with one attached hydrogen (secondary N) is 2. The van der Waals surface area contributed by atoms with Gasteiger partial charge in [-0.25, -0.2) is 13.1 Å². The molecule has 0 saturated carbocycles.